The van der Waals surface area contributed by atoms with E-state index in [2.05, 4.69) is 22.0 Å². The number of hydrogen-bond acceptors (Lipinski definition) is 6. The summed E-state index contributed by atoms with van der Waals surface area (Å²) in [7, 11) is 0. The second-order valence-electron chi connectivity index (χ2n) is 5.07. The Morgan fingerprint density at radius 3 is 3.15 bits per heavy atom. The van der Waals surface area contributed by atoms with Gasteiger partial charge in [-0.15, -0.1) is 11.3 Å². The number of nitrogen functional groups attached to an aromatic ring is 1. The highest BCUT2D eigenvalue weighted by Gasteiger charge is 2.21. The van der Waals surface area contributed by atoms with E-state index < -0.39 is 0 Å². The molecule has 0 aliphatic carbocycles. The highest BCUT2D eigenvalue weighted by atomic mass is 32.1. The molecule has 0 spiro atoms. The first-order valence-corrected chi connectivity index (χ1v) is 7.44. The monoisotopic (exact) mass is 289 g/mol. The normalized spacial score (nSPS) is 17.2. The lowest BCUT2D eigenvalue weighted by Gasteiger charge is -2.25. The lowest BCUT2D eigenvalue weighted by molar-refractivity contribution is 0.174. The van der Waals surface area contributed by atoms with Crippen molar-refractivity contribution in [3.8, 4) is 11.5 Å². The van der Waals surface area contributed by atoms with Gasteiger partial charge >= 0.3 is 0 Å². The Balaban J connectivity index is 1.50. The van der Waals surface area contributed by atoms with Gasteiger partial charge in [-0.1, -0.05) is 6.07 Å². The van der Waals surface area contributed by atoms with Gasteiger partial charge < -0.3 is 15.2 Å². The number of nitrogens with zero attached hydrogens (tertiary/aromatic N) is 2. The van der Waals surface area contributed by atoms with E-state index in [0.29, 0.717) is 11.9 Å². The SMILES string of the molecule is Nc1nc2c(s1)CN(Cc1ccc3c(c1)OCO3)CC2. The molecule has 1 aromatic heterocycles. The molecule has 0 saturated heterocycles. The summed E-state index contributed by atoms with van der Waals surface area (Å²) >= 11 is 1.60. The van der Waals surface area contributed by atoms with Crippen LogP contribution in [0, 0.1) is 0 Å². The van der Waals surface area contributed by atoms with Gasteiger partial charge in [0.1, 0.15) is 0 Å². The van der Waals surface area contributed by atoms with Crippen LogP contribution in [0.25, 0.3) is 0 Å². The molecular formula is C14H15N3O2S. The molecule has 0 bridgehead atoms. The quantitative estimate of drug-likeness (QED) is 0.916. The van der Waals surface area contributed by atoms with Crippen LogP contribution in [0.4, 0.5) is 5.13 Å². The van der Waals surface area contributed by atoms with Gasteiger partial charge in [0.15, 0.2) is 16.6 Å². The minimum atomic E-state index is 0.325. The summed E-state index contributed by atoms with van der Waals surface area (Å²) in [6.07, 6.45) is 0.980. The molecular weight excluding hydrogens is 274 g/mol. The Kier molecular flexibility index (Phi) is 2.78. The molecule has 4 rings (SSSR count). The zero-order valence-corrected chi connectivity index (χ0v) is 11.8. The fourth-order valence-electron chi connectivity index (χ4n) is 2.70. The number of ether oxygens (including phenoxy) is 2. The molecule has 0 atom stereocenters. The molecule has 20 heavy (non-hydrogen) atoms. The average molecular weight is 289 g/mol. The Morgan fingerprint density at radius 2 is 2.20 bits per heavy atom. The molecule has 0 amide bonds. The highest BCUT2D eigenvalue weighted by molar-refractivity contribution is 7.15. The van der Waals surface area contributed by atoms with Crippen LogP contribution in [0.1, 0.15) is 16.1 Å². The van der Waals surface area contributed by atoms with Gasteiger partial charge in [0.25, 0.3) is 0 Å². The van der Waals surface area contributed by atoms with Crippen LogP contribution in [0.3, 0.4) is 0 Å². The zero-order valence-electron chi connectivity index (χ0n) is 11.0. The van der Waals surface area contributed by atoms with Crippen LogP contribution in [0.5, 0.6) is 11.5 Å². The molecule has 104 valence electrons. The van der Waals surface area contributed by atoms with Crippen molar-refractivity contribution in [1.29, 1.82) is 0 Å². The second-order valence-corrected chi connectivity index (χ2v) is 6.19. The van der Waals surface area contributed by atoms with Gasteiger partial charge in [0.2, 0.25) is 6.79 Å². The summed E-state index contributed by atoms with van der Waals surface area (Å²) in [4.78, 5) is 8.09. The smallest absolute Gasteiger partial charge is 0.231 e. The van der Waals surface area contributed by atoms with Crippen molar-refractivity contribution in [3.63, 3.8) is 0 Å². The van der Waals surface area contributed by atoms with E-state index >= 15 is 0 Å². The van der Waals surface area contributed by atoms with Crippen LogP contribution < -0.4 is 15.2 Å². The number of anilines is 1. The molecule has 1 aromatic carbocycles. The van der Waals surface area contributed by atoms with Crippen LogP contribution in [0.15, 0.2) is 18.2 Å². The highest BCUT2D eigenvalue weighted by Crippen LogP contribution is 2.33. The number of aromatic nitrogens is 1. The molecule has 0 radical (unpaired) electrons. The summed E-state index contributed by atoms with van der Waals surface area (Å²) in [5.41, 5.74) is 8.20. The Bertz CT molecular complexity index is 656. The third-order valence-corrected chi connectivity index (χ3v) is 4.58. The predicted molar refractivity (Wildman–Crippen MR) is 76.9 cm³/mol. The molecule has 2 aliphatic heterocycles. The first kappa shape index (κ1) is 12.0. The molecule has 3 heterocycles. The van der Waals surface area contributed by atoms with E-state index in [-0.39, 0.29) is 0 Å². The largest absolute Gasteiger partial charge is 0.454 e. The van der Waals surface area contributed by atoms with E-state index in [0.717, 1.165) is 37.6 Å². The van der Waals surface area contributed by atoms with Gasteiger partial charge in [0, 0.05) is 30.9 Å². The minimum absolute atomic E-state index is 0.325. The van der Waals surface area contributed by atoms with Crippen molar-refractivity contribution in [2.45, 2.75) is 19.5 Å². The molecule has 0 fully saturated rings. The fraction of sp³-hybridized carbons (Fsp3) is 0.357. The van der Waals surface area contributed by atoms with Crippen LogP contribution in [-0.2, 0) is 19.5 Å². The molecule has 5 nitrogen and oxygen atoms in total. The first-order chi connectivity index (χ1) is 9.78. The van der Waals surface area contributed by atoms with E-state index in [4.69, 9.17) is 15.2 Å². The Morgan fingerprint density at radius 1 is 1.30 bits per heavy atom. The van der Waals surface area contributed by atoms with E-state index in [9.17, 15) is 0 Å². The summed E-state index contributed by atoms with van der Waals surface area (Å²) in [5.74, 6) is 1.69. The lowest BCUT2D eigenvalue weighted by atomic mass is 10.1. The summed E-state index contributed by atoms with van der Waals surface area (Å²) in [5, 5.41) is 0.680. The molecule has 0 unspecified atom stereocenters. The number of hydrogen-bond donors (Lipinski definition) is 1. The van der Waals surface area contributed by atoms with Crippen LogP contribution >= 0.6 is 11.3 Å². The lowest BCUT2D eigenvalue weighted by Crippen LogP contribution is -2.29. The molecule has 0 saturated carbocycles. The van der Waals surface area contributed by atoms with Gasteiger partial charge in [0.05, 0.1) is 5.69 Å². The molecule has 2 aromatic rings. The minimum Gasteiger partial charge on any atom is -0.454 e. The maximum absolute atomic E-state index is 5.78. The average Bonchev–Trinajstić information content (AvgIpc) is 3.02. The van der Waals surface area contributed by atoms with Crippen molar-refractivity contribution >= 4 is 16.5 Å². The van der Waals surface area contributed by atoms with Gasteiger partial charge in [-0.2, -0.15) is 0 Å². The third-order valence-electron chi connectivity index (χ3n) is 3.67. The number of rotatable bonds is 2. The zero-order chi connectivity index (χ0) is 13.5. The molecule has 2 N–H and O–H groups in total. The summed E-state index contributed by atoms with van der Waals surface area (Å²) < 4.78 is 10.8. The number of nitrogens with two attached hydrogens (primary N) is 1. The van der Waals surface area contributed by atoms with Crippen LogP contribution in [-0.4, -0.2) is 23.2 Å². The van der Waals surface area contributed by atoms with Crippen molar-refractivity contribution in [3.05, 3.63) is 34.3 Å². The van der Waals surface area contributed by atoms with E-state index in [1.165, 1.54) is 16.1 Å². The van der Waals surface area contributed by atoms with Crippen molar-refractivity contribution in [2.75, 3.05) is 19.1 Å². The van der Waals surface area contributed by atoms with E-state index in [1.54, 1.807) is 11.3 Å². The third kappa shape index (κ3) is 2.10. The predicted octanol–water partition coefficient (Wildman–Crippen LogP) is 2.01. The summed E-state index contributed by atoms with van der Waals surface area (Å²) in [6.45, 7) is 3.18. The Labute approximate surface area is 120 Å². The van der Waals surface area contributed by atoms with Crippen molar-refractivity contribution in [2.24, 2.45) is 0 Å². The standard InChI is InChI=1S/C14H15N3O2S/c15-14-16-10-3-4-17(7-13(10)20-14)6-9-1-2-11-12(5-9)19-8-18-11/h1-2,5H,3-4,6-8H2,(H2,15,16). The first-order valence-electron chi connectivity index (χ1n) is 6.63. The Hall–Kier alpha value is -1.79. The topological polar surface area (TPSA) is 60.6 Å². The van der Waals surface area contributed by atoms with Crippen molar-refractivity contribution in [1.82, 2.24) is 9.88 Å². The van der Waals surface area contributed by atoms with Gasteiger partial charge in [-0.25, -0.2) is 4.98 Å². The fourth-order valence-corrected chi connectivity index (χ4v) is 3.62. The maximum atomic E-state index is 5.78. The van der Waals surface area contributed by atoms with Gasteiger partial charge in [-0.3, -0.25) is 4.90 Å². The van der Waals surface area contributed by atoms with Crippen molar-refractivity contribution < 1.29 is 9.47 Å². The van der Waals surface area contributed by atoms with Crippen LogP contribution in [0.2, 0.25) is 0 Å². The number of benzene rings is 1. The number of thiazole rings is 1. The second kappa shape index (κ2) is 4.64. The molecule has 6 heteroatoms. The summed E-state index contributed by atoms with van der Waals surface area (Å²) in [6, 6.07) is 6.15. The maximum Gasteiger partial charge on any atom is 0.231 e. The van der Waals surface area contributed by atoms with Gasteiger partial charge in [-0.05, 0) is 17.7 Å². The molecule has 2 aliphatic rings. The number of fused-ring (bicyclic) bond motifs is 2. The van der Waals surface area contributed by atoms with E-state index in [1.807, 2.05) is 6.07 Å².